The van der Waals surface area contributed by atoms with Gasteiger partial charge in [0, 0.05) is 48.6 Å². The molecule has 1 aliphatic rings. The van der Waals surface area contributed by atoms with Crippen molar-refractivity contribution in [2.45, 2.75) is 60.4 Å². The lowest BCUT2D eigenvalue weighted by Crippen LogP contribution is -2.39. The number of nitrogens with zero attached hydrogens (tertiary/aromatic N) is 5. The lowest BCUT2D eigenvalue weighted by Gasteiger charge is -2.35. The van der Waals surface area contributed by atoms with Gasteiger partial charge in [-0.2, -0.15) is 0 Å². The summed E-state index contributed by atoms with van der Waals surface area (Å²) in [6.45, 7) is 14.3. The van der Waals surface area contributed by atoms with Gasteiger partial charge in [-0.1, -0.05) is 45.9 Å². The summed E-state index contributed by atoms with van der Waals surface area (Å²) in [6.07, 6.45) is 12.0. The normalized spacial score (nSPS) is 15.5. The topological polar surface area (TPSA) is 58.3 Å². The van der Waals surface area contributed by atoms with Crippen molar-refractivity contribution in [2.75, 3.05) is 25.5 Å². The summed E-state index contributed by atoms with van der Waals surface area (Å²) < 4.78 is 2.16. The highest BCUT2D eigenvalue weighted by Crippen LogP contribution is 2.34. The van der Waals surface area contributed by atoms with Gasteiger partial charge in [-0.15, -0.1) is 0 Å². The summed E-state index contributed by atoms with van der Waals surface area (Å²) in [7, 11) is 4.29. The van der Waals surface area contributed by atoms with Gasteiger partial charge in [-0.3, -0.25) is 15.0 Å². The minimum atomic E-state index is 0.141. The van der Waals surface area contributed by atoms with Crippen molar-refractivity contribution in [3.8, 4) is 11.1 Å². The maximum Gasteiger partial charge on any atom is 0.0966 e. The van der Waals surface area contributed by atoms with Crippen molar-refractivity contribution >= 4 is 33.8 Å². The molecule has 0 spiro atoms. The van der Waals surface area contributed by atoms with Crippen LogP contribution >= 0.6 is 0 Å². The van der Waals surface area contributed by atoms with E-state index in [1.165, 1.54) is 10.9 Å². The van der Waals surface area contributed by atoms with E-state index >= 15 is 0 Å². The van der Waals surface area contributed by atoms with Crippen LogP contribution in [0, 0.1) is 5.92 Å². The number of hydrogen-bond donors (Lipinski definition) is 1. The predicted octanol–water partition coefficient (Wildman–Crippen LogP) is 7.96. The van der Waals surface area contributed by atoms with E-state index in [1.807, 2.05) is 40.8 Å². The number of aliphatic imine (C=N–C) groups is 1. The second-order valence-corrected chi connectivity index (χ2v) is 9.51. The Balaban J connectivity index is 0.00000100. The average Bonchev–Trinajstić information content (AvgIpc) is 3.36. The number of piperidine rings is 1. The van der Waals surface area contributed by atoms with Crippen LogP contribution in [-0.2, 0) is 7.05 Å². The lowest BCUT2D eigenvalue weighted by molar-refractivity contribution is 0.211. The van der Waals surface area contributed by atoms with Crippen LogP contribution < -0.4 is 5.32 Å². The number of benzene rings is 2. The molecule has 2 aromatic carbocycles. The smallest absolute Gasteiger partial charge is 0.0966 e. The second-order valence-electron chi connectivity index (χ2n) is 9.51. The molecular formula is C33H46N6. The monoisotopic (exact) mass is 526 g/mol. The fraction of sp³-hybridized carbons (Fsp3) is 0.424. The maximum absolute atomic E-state index is 4.74. The Morgan fingerprint density at radius 3 is 2.38 bits per heavy atom. The fourth-order valence-corrected chi connectivity index (χ4v) is 5.27. The summed E-state index contributed by atoms with van der Waals surface area (Å²) >= 11 is 0. The zero-order valence-electron chi connectivity index (χ0n) is 25.1. The number of nitrogens with one attached hydrogen (secondary N) is 1. The molecule has 0 bridgehead atoms. The van der Waals surface area contributed by atoms with Crippen LogP contribution in [0.1, 0.15) is 54.4 Å². The quantitative estimate of drug-likeness (QED) is 0.259. The molecule has 6 heteroatoms. The van der Waals surface area contributed by atoms with Crippen molar-refractivity contribution in [1.29, 1.82) is 0 Å². The Morgan fingerprint density at radius 1 is 0.974 bits per heavy atom. The van der Waals surface area contributed by atoms with Crippen molar-refractivity contribution in [2.24, 2.45) is 18.0 Å². The van der Waals surface area contributed by atoms with Crippen LogP contribution in [0.5, 0.6) is 0 Å². The third-order valence-electron chi connectivity index (χ3n) is 7.22. The first kappa shape index (κ1) is 30.0. The minimum Gasteiger partial charge on any atom is -0.376 e. The van der Waals surface area contributed by atoms with E-state index in [4.69, 9.17) is 9.98 Å². The number of allylic oxidation sites excluding steroid dienone is 1. The number of rotatable bonds is 6. The van der Waals surface area contributed by atoms with E-state index in [2.05, 4.69) is 89.5 Å². The van der Waals surface area contributed by atoms with E-state index in [-0.39, 0.29) is 6.04 Å². The maximum atomic E-state index is 4.74. The van der Waals surface area contributed by atoms with Gasteiger partial charge in [0.05, 0.1) is 22.8 Å². The largest absolute Gasteiger partial charge is 0.376 e. The van der Waals surface area contributed by atoms with Crippen LogP contribution in [0.15, 0.2) is 71.8 Å². The highest BCUT2D eigenvalue weighted by Gasteiger charge is 2.28. The Labute approximate surface area is 234 Å². The van der Waals surface area contributed by atoms with E-state index in [1.54, 1.807) is 12.4 Å². The number of likely N-dealkylation sites (tertiary alicyclic amines) is 1. The van der Waals surface area contributed by atoms with Gasteiger partial charge in [0.2, 0.25) is 0 Å². The third-order valence-corrected chi connectivity index (χ3v) is 7.22. The van der Waals surface area contributed by atoms with Gasteiger partial charge in [0.15, 0.2) is 0 Å². The SMILES string of the molecule is CC.CC.CC=N/C(=C\C)C(Nc1cc(-c2ccc3ccn(C)c3c2)c2nccnc2c1)C1CCN(C)CC1. The number of hydrogen-bond acceptors (Lipinski definition) is 5. The van der Waals surface area contributed by atoms with Crippen molar-refractivity contribution in [3.05, 3.63) is 66.8 Å². The van der Waals surface area contributed by atoms with Crippen LogP contribution in [0.25, 0.3) is 33.1 Å². The molecule has 2 aromatic heterocycles. The molecule has 0 aliphatic carbocycles. The van der Waals surface area contributed by atoms with Gasteiger partial charge in [0.1, 0.15) is 0 Å². The van der Waals surface area contributed by atoms with Crippen molar-refractivity contribution < 1.29 is 0 Å². The lowest BCUT2D eigenvalue weighted by atomic mass is 9.87. The minimum absolute atomic E-state index is 0.141. The highest BCUT2D eigenvalue weighted by molar-refractivity contribution is 5.97. The first-order valence-corrected chi connectivity index (χ1v) is 14.5. The van der Waals surface area contributed by atoms with E-state index in [0.717, 1.165) is 59.5 Å². The summed E-state index contributed by atoms with van der Waals surface area (Å²) in [4.78, 5) is 16.5. The third kappa shape index (κ3) is 6.93. The molecule has 1 N–H and O–H groups in total. The van der Waals surface area contributed by atoms with E-state index in [9.17, 15) is 0 Å². The molecule has 1 aliphatic heterocycles. The number of aryl methyl sites for hydroxylation is 1. The molecule has 1 atom stereocenters. The molecule has 3 heterocycles. The standard InChI is InChI=1S/C29H34N6.2C2H6/c1-5-25(30-6-2)28(21-9-14-34(3)15-10-21)33-23-18-24(29-26(19-23)31-12-13-32-29)22-8-7-20-11-16-35(4)27(20)17-22;2*1-2/h5-8,11-13,16-19,21,28,33H,9-10,14-15H2,1-4H3;2*1-2H3/b25-5-,30-6?;;. The van der Waals surface area contributed by atoms with Gasteiger partial charge in [-0.05, 0) is 88.0 Å². The first-order valence-electron chi connectivity index (χ1n) is 14.5. The molecule has 0 amide bonds. The molecule has 0 radical (unpaired) electrons. The fourth-order valence-electron chi connectivity index (χ4n) is 5.27. The van der Waals surface area contributed by atoms with E-state index < -0.39 is 0 Å². The Morgan fingerprint density at radius 2 is 1.69 bits per heavy atom. The molecule has 39 heavy (non-hydrogen) atoms. The van der Waals surface area contributed by atoms with Gasteiger partial charge in [0.25, 0.3) is 0 Å². The Hall–Kier alpha value is -3.51. The molecule has 0 saturated carbocycles. The van der Waals surface area contributed by atoms with Gasteiger partial charge < -0.3 is 14.8 Å². The summed E-state index contributed by atoms with van der Waals surface area (Å²) in [5.74, 6) is 0.516. The van der Waals surface area contributed by atoms with Gasteiger partial charge in [-0.25, -0.2) is 0 Å². The number of aromatic nitrogens is 3. The first-order chi connectivity index (χ1) is 19.1. The molecule has 1 fully saturated rings. The Kier molecular flexibility index (Phi) is 11.2. The molecule has 6 nitrogen and oxygen atoms in total. The van der Waals surface area contributed by atoms with Crippen molar-refractivity contribution in [1.82, 2.24) is 19.4 Å². The van der Waals surface area contributed by atoms with Crippen LogP contribution in [0.4, 0.5) is 5.69 Å². The predicted molar refractivity (Wildman–Crippen MR) is 170 cm³/mol. The molecule has 4 aromatic rings. The van der Waals surface area contributed by atoms with Crippen LogP contribution in [0.2, 0.25) is 0 Å². The molecule has 1 unspecified atom stereocenters. The molecule has 5 rings (SSSR count). The number of fused-ring (bicyclic) bond motifs is 2. The zero-order valence-corrected chi connectivity index (χ0v) is 25.1. The molecule has 208 valence electrons. The summed E-state index contributed by atoms with van der Waals surface area (Å²) in [5, 5.41) is 5.11. The van der Waals surface area contributed by atoms with Crippen LogP contribution in [0.3, 0.4) is 0 Å². The summed E-state index contributed by atoms with van der Waals surface area (Å²) in [5.41, 5.74) is 7.38. The van der Waals surface area contributed by atoms with E-state index in [0.29, 0.717) is 5.92 Å². The number of anilines is 1. The van der Waals surface area contributed by atoms with Crippen molar-refractivity contribution in [3.63, 3.8) is 0 Å². The average molecular weight is 527 g/mol. The summed E-state index contributed by atoms with van der Waals surface area (Å²) in [6, 6.07) is 13.3. The second kappa shape index (κ2) is 14.6. The Bertz CT molecular complexity index is 1390. The molecular weight excluding hydrogens is 480 g/mol. The molecule has 1 saturated heterocycles. The highest BCUT2D eigenvalue weighted by atomic mass is 15.1. The van der Waals surface area contributed by atoms with Crippen LogP contribution in [-0.4, -0.2) is 51.8 Å². The van der Waals surface area contributed by atoms with Gasteiger partial charge >= 0.3 is 0 Å². The zero-order chi connectivity index (χ0) is 28.4.